The second-order valence-electron chi connectivity index (χ2n) is 3.70. The number of hydrogen-bond donors (Lipinski definition) is 1. The van der Waals surface area contributed by atoms with Crippen LogP contribution in [0.15, 0.2) is 28.8 Å². The second kappa shape index (κ2) is 6.02. The van der Waals surface area contributed by atoms with Crippen molar-refractivity contribution in [3.05, 3.63) is 36.0 Å². The van der Waals surface area contributed by atoms with Gasteiger partial charge in [-0.05, 0) is 24.3 Å². The SMILES string of the molecule is COCCc1noc(COc2ccc(N)cc2)n1. The van der Waals surface area contributed by atoms with Crippen molar-refractivity contribution < 1.29 is 14.0 Å². The number of aromatic nitrogens is 2. The average molecular weight is 249 g/mol. The van der Waals surface area contributed by atoms with Gasteiger partial charge in [0.2, 0.25) is 0 Å². The predicted molar refractivity (Wildman–Crippen MR) is 65.1 cm³/mol. The maximum atomic E-state index is 5.58. The van der Waals surface area contributed by atoms with Crippen LogP contribution in [-0.2, 0) is 17.8 Å². The van der Waals surface area contributed by atoms with E-state index in [0.717, 1.165) is 0 Å². The Hall–Kier alpha value is -2.08. The Balaban J connectivity index is 1.86. The lowest BCUT2D eigenvalue weighted by Gasteiger charge is -2.02. The van der Waals surface area contributed by atoms with Gasteiger partial charge in [0, 0.05) is 19.2 Å². The highest BCUT2D eigenvalue weighted by Crippen LogP contribution is 2.14. The van der Waals surface area contributed by atoms with Crippen molar-refractivity contribution in [2.45, 2.75) is 13.0 Å². The van der Waals surface area contributed by atoms with E-state index in [1.807, 2.05) is 0 Å². The number of nitrogen functional groups attached to an aromatic ring is 1. The molecule has 6 nitrogen and oxygen atoms in total. The number of hydrogen-bond acceptors (Lipinski definition) is 6. The van der Waals surface area contributed by atoms with Gasteiger partial charge in [0.15, 0.2) is 12.4 Å². The first-order valence-electron chi connectivity index (χ1n) is 5.56. The fourth-order valence-corrected chi connectivity index (χ4v) is 1.35. The Morgan fingerprint density at radius 1 is 1.28 bits per heavy atom. The van der Waals surface area contributed by atoms with Gasteiger partial charge in [-0.15, -0.1) is 0 Å². The normalized spacial score (nSPS) is 10.5. The molecular weight excluding hydrogens is 234 g/mol. The van der Waals surface area contributed by atoms with Gasteiger partial charge in [0.25, 0.3) is 5.89 Å². The summed E-state index contributed by atoms with van der Waals surface area (Å²) in [4.78, 5) is 4.17. The van der Waals surface area contributed by atoms with Crippen molar-refractivity contribution in [1.82, 2.24) is 10.1 Å². The summed E-state index contributed by atoms with van der Waals surface area (Å²) in [7, 11) is 1.63. The van der Waals surface area contributed by atoms with Crippen LogP contribution in [0.25, 0.3) is 0 Å². The Kier molecular flexibility index (Phi) is 4.14. The standard InChI is InChI=1S/C12H15N3O3/c1-16-7-6-11-14-12(18-15-11)8-17-10-4-2-9(13)3-5-10/h2-5H,6-8,13H2,1H3. The molecule has 0 amide bonds. The molecule has 0 aliphatic rings. The number of nitrogens with two attached hydrogens (primary N) is 1. The van der Waals surface area contributed by atoms with Crippen LogP contribution in [0, 0.1) is 0 Å². The Bertz CT molecular complexity index is 482. The van der Waals surface area contributed by atoms with Crippen molar-refractivity contribution in [3.8, 4) is 5.75 Å². The highest BCUT2D eigenvalue weighted by atomic mass is 16.5. The van der Waals surface area contributed by atoms with Gasteiger partial charge in [-0.3, -0.25) is 0 Å². The number of methoxy groups -OCH3 is 1. The van der Waals surface area contributed by atoms with Gasteiger partial charge in [-0.2, -0.15) is 4.98 Å². The topological polar surface area (TPSA) is 83.4 Å². The summed E-state index contributed by atoms with van der Waals surface area (Å²) in [6.45, 7) is 0.807. The Morgan fingerprint density at radius 2 is 2.06 bits per heavy atom. The summed E-state index contributed by atoms with van der Waals surface area (Å²) in [6.07, 6.45) is 0.627. The van der Waals surface area contributed by atoms with Crippen molar-refractivity contribution >= 4 is 5.69 Å². The molecule has 0 bridgehead atoms. The van der Waals surface area contributed by atoms with E-state index in [9.17, 15) is 0 Å². The molecule has 0 radical (unpaired) electrons. The zero-order valence-electron chi connectivity index (χ0n) is 10.1. The lowest BCUT2D eigenvalue weighted by atomic mass is 10.3. The minimum atomic E-state index is 0.240. The van der Waals surface area contributed by atoms with Gasteiger partial charge in [0.05, 0.1) is 6.61 Å². The first-order chi connectivity index (χ1) is 8.78. The van der Waals surface area contributed by atoms with Crippen LogP contribution in [0.3, 0.4) is 0 Å². The summed E-state index contributed by atoms with van der Waals surface area (Å²) >= 11 is 0. The predicted octanol–water partition coefficient (Wildman–Crippen LogP) is 1.42. The lowest BCUT2D eigenvalue weighted by molar-refractivity contribution is 0.199. The molecule has 0 fully saturated rings. The van der Waals surface area contributed by atoms with E-state index in [-0.39, 0.29) is 6.61 Å². The van der Waals surface area contributed by atoms with E-state index in [1.54, 1.807) is 31.4 Å². The first-order valence-corrected chi connectivity index (χ1v) is 5.56. The van der Waals surface area contributed by atoms with Crippen molar-refractivity contribution in [2.75, 3.05) is 19.5 Å². The van der Waals surface area contributed by atoms with Crippen LogP contribution in [0.4, 0.5) is 5.69 Å². The molecule has 1 aromatic carbocycles. The van der Waals surface area contributed by atoms with E-state index in [1.165, 1.54) is 0 Å². The fraction of sp³-hybridized carbons (Fsp3) is 0.333. The summed E-state index contributed by atoms with van der Waals surface area (Å²) in [5, 5.41) is 3.81. The zero-order chi connectivity index (χ0) is 12.8. The van der Waals surface area contributed by atoms with Crippen LogP contribution < -0.4 is 10.5 Å². The molecule has 0 aliphatic carbocycles. The zero-order valence-corrected chi connectivity index (χ0v) is 10.1. The van der Waals surface area contributed by atoms with Gasteiger partial charge in [0.1, 0.15) is 5.75 Å². The third-order valence-electron chi connectivity index (χ3n) is 2.28. The molecule has 96 valence electrons. The van der Waals surface area contributed by atoms with E-state index in [0.29, 0.717) is 36.2 Å². The monoisotopic (exact) mass is 249 g/mol. The molecule has 0 atom stereocenters. The first kappa shape index (κ1) is 12.4. The highest BCUT2D eigenvalue weighted by molar-refractivity contribution is 5.41. The molecule has 0 aliphatic heterocycles. The second-order valence-corrected chi connectivity index (χ2v) is 3.70. The molecule has 2 aromatic rings. The third-order valence-corrected chi connectivity index (χ3v) is 2.28. The fourth-order valence-electron chi connectivity index (χ4n) is 1.35. The molecule has 2 rings (SSSR count). The smallest absolute Gasteiger partial charge is 0.264 e. The van der Waals surface area contributed by atoms with Crippen LogP contribution in [0.5, 0.6) is 5.75 Å². The summed E-state index contributed by atoms with van der Waals surface area (Å²) < 4.78 is 15.5. The molecule has 0 unspecified atom stereocenters. The van der Waals surface area contributed by atoms with Gasteiger partial charge in [-0.1, -0.05) is 5.16 Å². The van der Waals surface area contributed by atoms with E-state index in [2.05, 4.69) is 10.1 Å². The molecule has 0 saturated carbocycles. The molecule has 1 heterocycles. The number of nitrogens with zero attached hydrogens (tertiary/aromatic N) is 2. The number of rotatable bonds is 6. The van der Waals surface area contributed by atoms with Crippen LogP contribution >= 0.6 is 0 Å². The van der Waals surface area contributed by atoms with E-state index >= 15 is 0 Å². The van der Waals surface area contributed by atoms with Gasteiger partial charge in [-0.25, -0.2) is 0 Å². The minimum Gasteiger partial charge on any atom is -0.484 e. The van der Waals surface area contributed by atoms with Crippen LogP contribution in [0.1, 0.15) is 11.7 Å². The molecular formula is C12H15N3O3. The average Bonchev–Trinajstić information content (AvgIpc) is 2.84. The molecule has 2 N–H and O–H groups in total. The number of benzene rings is 1. The third kappa shape index (κ3) is 3.46. The van der Waals surface area contributed by atoms with Crippen LogP contribution in [0.2, 0.25) is 0 Å². The van der Waals surface area contributed by atoms with Crippen molar-refractivity contribution in [2.24, 2.45) is 0 Å². The molecule has 18 heavy (non-hydrogen) atoms. The number of ether oxygens (including phenoxy) is 2. The minimum absolute atomic E-state index is 0.240. The van der Waals surface area contributed by atoms with Gasteiger partial charge >= 0.3 is 0 Å². The summed E-state index contributed by atoms with van der Waals surface area (Å²) in [5.41, 5.74) is 6.27. The summed E-state index contributed by atoms with van der Waals surface area (Å²) in [5.74, 6) is 1.77. The molecule has 1 aromatic heterocycles. The highest BCUT2D eigenvalue weighted by Gasteiger charge is 2.06. The lowest BCUT2D eigenvalue weighted by Crippen LogP contribution is -1.98. The quantitative estimate of drug-likeness (QED) is 0.779. The Labute approximate surface area is 105 Å². The molecule has 0 spiro atoms. The maximum absolute atomic E-state index is 5.58. The maximum Gasteiger partial charge on any atom is 0.264 e. The largest absolute Gasteiger partial charge is 0.484 e. The van der Waals surface area contributed by atoms with Crippen LogP contribution in [-0.4, -0.2) is 23.9 Å². The van der Waals surface area contributed by atoms with Gasteiger partial charge < -0.3 is 19.7 Å². The molecule has 0 saturated heterocycles. The summed E-state index contributed by atoms with van der Waals surface area (Å²) in [6, 6.07) is 7.12. The molecule has 6 heteroatoms. The van der Waals surface area contributed by atoms with E-state index in [4.69, 9.17) is 19.7 Å². The van der Waals surface area contributed by atoms with Crippen molar-refractivity contribution in [1.29, 1.82) is 0 Å². The van der Waals surface area contributed by atoms with E-state index < -0.39 is 0 Å². The Morgan fingerprint density at radius 3 is 2.78 bits per heavy atom. The van der Waals surface area contributed by atoms with Crippen molar-refractivity contribution in [3.63, 3.8) is 0 Å². The number of anilines is 1.